The summed E-state index contributed by atoms with van der Waals surface area (Å²) in [6.45, 7) is 4.69. The minimum absolute atomic E-state index is 0.127. The van der Waals surface area contributed by atoms with Crippen LogP contribution in [0.15, 0.2) is 192 Å². The van der Waals surface area contributed by atoms with Crippen LogP contribution < -0.4 is 4.90 Å². The summed E-state index contributed by atoms with van der Waals surface area (Å²) in [5.41, 5.74) is 20.1. The molecule has 1 heterocycles. The highest BCUT2D eigenvalue weighted by Gasteiger charge is 2.38. The number of anilines is 3. The molecular formula is C55H37NO. The van der Waals surface area contributed by atoms with Crippen LogP contribution in [0.2, 0.25) is 0 Å². The first-order chi connectivity index (χ1) is 28.0. The number of nitrogens with zero attached hydrogens (tertiary/aromatic N) is 1. The molecule has 12 rings (SSSR count). The van der Waals surface area contributed by atoms with E-state index in [4.69, 9.17) is 4.42 Å². The summed E-state index contributed by atoms with van der Waals surface area (Å²) in [6.07, 6.45) is 0. The van der Waals surface area contributed by atoms with Gasteiger partial charge in [-0.3, -0.25) is 0 Å². The van der Waals surface area contributed by atoms with Crippen LogP contribution in [0.5, 0.6) is 0 Å². The third-order valence-electron chi connectivity index (χ3n) is 12.6. The van der Waals surface area contributed by atoms with E-state index in [1.165, 1.54) is 77.5 Å². The largest absolute Gasteiger partial charge is 0.454 e. The van der Waals surface area contributed by atoms with Gasteiger partial charge in [0.25, 0.3) is 0 Å². The van der Waals surface area contributed by atoms with E-state index >= 15 is 0 Å². The van der Waals surface area contributed by atoms with Gasteiger partial charge in [-0.2, -0.15) is 0 Å². The summed E-state index contributed by atoms with van der Waals surface area (Å²) in [5.74, 6) is 0. The number of rotatable bonds is 5. The van der Waals surface area contributed by atoms with Crippen molar-refractivity contribution >= 4 is 49.8 Å². The van der Waals surface area contributed by atoms with Crippen molar-refractivity contribution in [3.63, 3.8) is 0 Å². The van der Waals surface area contributed by atoms with E-state index < -0.39 is 0 Å². The molecule has 1 aromatic heterocycles. The number of hydrogen-bond acceptors (Lipinski definition) is 2. The smallest absolute Gasteiger partial charge is 0.159 e. The van der Waals surface area contributed by atoms with Crippen molar-refractivity contribution in [3.05, 3.63) is 199 Å². The molecule has 0 radical (unpaired) electrons. The van der Waals surface area contributed by atoms with E-state index in [0.717, 1.165) is 39.0 Å². The fourth-order valence-corrected chi connectivity index (χ4v) is 9.89. The van der Waals surface area contributed by atoms with Gasteiger partial charge < -0.3 is 9.32 Å². The molecule has 2 aliphatic rings. The molecule has 0 bridgehead atoms. The van der Waals surface area contributed by atoms with Crippen LogP contribution in [-0.2, 0) is 5.41 Å². The third-order valence-corrected chi connectivity index (χ3v) is 12.6. The van der Waals surface area contributed by atoms with Crippen molar-refractivity contribution in [1.29, 1.82) is 0 Å². The molecule has 2 nitrogen and oxygen atoms in total. The number of fused-ring (bicyclic) bond motifs is 9. The Morgan fingerprint density at radius 3 is 1.91 bits per heavy atom. The monoisotopic (exact) mass is 727 g/mol. The lowest BCUT2D eigenvalue weighted by Gasteiger charge is -2.29. The van der Waals surface area contributed by atoms with Gasteiger partial charge in [0.05, 0.1) is 11.4 Å². The lowest BCUT2D eigenvalue weighted by Crippen LogP contribution is -2.16. The number of hydrogen-bond donors (Lipinski definition) is 0. The quantitative estimate of drug-likeness (QED) is 0.175. The lowest BCUT2D eigenvalue weighted by atomic mass is 9.82. The van der Waals surface area contributed by atoms with E-state index in [1.807, 2.05) is 0 Å². The summed E-state index contributed by atoms with van der Waals surface area (Å²) in [4.78, 5) is 2.41. The molecule has 10 aromatic rings. The van der Waals surface area contributed by atoms with Gasteiger partial charge in [-0.25, -0.2) is 0 Å². The van der Waals surface area contributed by atoms with Gasteiger partial charge in [-0.1, -0.05) is 153 Å². The summed E-state index contributed by atoms with van der Waals surface area (Å²) in [6, 6.07) is 68.8. The Morgan fingerprint density at radius 1 is 0.421 bits per heavy atom. The predicted octanol–water partition coefficient (Wildman–Crippen LogP) is 15.5. The van der Waals surface area contributed by atoms with Crippen LogP contribution in [0.3, 0.4) is 0 Å². The zero-order valence-electron chi connectivity index (χ0n) is 31.8. The fraction of sp³-hybridized carbons (Fsp3) is 0.0545. The molecule has 0 saturated heterocycles. The lowest BCUT2D eigenvalue weighted by molar-refractivity contribution is 0.660. The van der Waals surface area contributed by atoms with Gasteiger partial charge in [0.1, 0.15) is 5.58 Å². The Hall–Kier alpha value is -7.16. The normalized spacial score (nSPS) is 13.2. The molecular weight excluding hydrogens is 691 g/mol. The van der Waals surface area contributed by atoms with Gasteiger partial charge in [-0.05, 0) is 121 Å². The Bertz CT molecular complexity index is 3260. The van der Waals surface area contributed by atoms with Crippen molar-refractivity contribution in [3.8, 4) is 55.6 Å². The van der Waals surface area contributed by atoms with Crippen LogP contribution in [-0.4, -0.2) is 0 Å². The number of para-hydroxylation sites is 1. The summed E-state index contributed by atoms with van der Waals surface area (Å²) in [5, 5.41) is 4.82. The molecule has 0 amide bonds. The van der Waals surface area contributed by atoms with Crippen molar-refractivity contribution < 1.29 is 4.42 Å². The maximum Gasteiger partial charge on any atom is 0.159 e. The van der Waals surface area contributed by atoms with E-state index in [-0.39, 0.29) is 5.41 Å². The summed E-state index contributed by atoms with van der Waals surface area (Å²) >= 11 is 0. The Kier molecular flexibility index (Phi) is 6.72. The molecule has 57 heavy (non-hydrogen) atoms. The maximum absolute atomic E-state index is 6.95. The predicted molar refractivity (Wildman–Crippen MR) is 239 cm³/mol. The molecule has 0 spiro atoms. The molecule has 0 aliphatic heterocycles. The average Bonchev–Trinajstić information content (AvgIpc) is 3.88. The Morgan fingerprint density at radius 2 is 1.07 bits per heavy atom. The van der Waals surface area contributed by atoms with E-state index in [0.29, 0.717) is 0 Å². The van der Waals surface area contributed by atoms with E-state index in [2.05, 4.69) is 207 Å². The highest BCUT2D eigenvalue weighted by Crippen LogP contribution is 2.55. The van der Waals surface area contributed by atoms with Crippen LogP contribution in [0.1, 0.15) is 25.0 Å². The van der Waals surface area contributed by atoms with E-state index in [1.54, 1.807) is 0 Å². The Labute approximate surface area is 331 Å². The van der Waals surface area contributed by atoms with Crippen LogP contribution in [0.4, 0.5) is 17.1 Å². The molecule has 0 atom stereocenters. The minimum Gasteiger partial charge on any atom is -0.454 e. The molecule has 2 heteroatoms. The van der Waals surface area contributed by atoms with E-state index in [9.17, 15) is 0 Å². The SMILES string of the molecule is CC1(C)c2ccccc2-c2c(N(c3ccc(-c4ccccc4)cc3)c3cccc4c3oc3ccc(-c5cc6c7c(cccc7c5)-c5ccccc5-6)cc34)cccc21. The first-order valence-electron chi connectivity index (χ1n) is 19.8. The topological polar surface area (TPSA) is 16.4 Å². The second-order valence-electron chi connectivity index (χ2n) is 16.1. The molecule has 0 unspecified atom stereocenters. The number of benzene rings is 9. The number of furan rings is 1. The van der Waals surface area contributed by atoms with Gasteiger partial charge in [0.2, 0.25) is 0 Å². The van der Waals surface area contributed by atoms with Gasteiger partial charge >= 0.3 is 0 Å². The van der Waals surface area contributed by atoms with Gasteiger partial charge in [0.15, 0.2) is 5.58 Å². The van der Waals surface area contributed by atoms with Crippen molar-refractivity contribution in [2.75, 3.05) is 4.90 Å². The highest BCUT2D eigenvalue weighted by molar-refractivity contribution is 6.17. The third kappa shape index (κ3) is 4.65. The molecule has 0 saturated carbocycles. The van der Waals surface area contributed by atoms with Crippen molar-refractivity contribution in [2.45, 2.75) is 19.3 Å². The Balaban J connectivity index is 1.06. The van der Waals surface area contributed by atoms with Gasteiger partial charge in [0, 0.05) is 27.4 Å². The second kappa shape index (κ2) is 11.9. The molecule has 268 valence electrons. The van der Waals surface area contributed by atoms with Gasteiger partial charge in [-0.15, -0.1) is 0 Å². The average molecular weight is 728 g/mol. The van der Waals surface area contributed by atoms with Crippen molar-refractivity contribution in [2.24, 2.45) is 0 Å². The minimum atomic E-state index is -0.127. The van der Waals surface area contributed by atoms with Crippen LogP contribution in [0, 0.1) is 0 Å². The summed E-state index contributed by atoms with van der Waals surface area (Å²) < 4.78 is 6.95. The first kappa shape index (κ1) is 32.1. The zero-order chi connectivity index (χ0) is 37.8. The standard InChI is InChI=1S/C55H37NO/c1-55(2)47-21-9-8-18-44(47)53-48(55)22-12-23-49(53)56(39-28-25-35(26-29-39)34-13-4-3-5-14-34)50-24-11-20-43-45-32-36(27-30-51(45)57-54(43)50)38-31-37-15-10-19-42-40-16-6-7-17-41(40)46(33-38)52(37)42/h3-33H,1-2H3. The zero-order valence-corrected chi connectivity index (χ0v) is 31.8. The summed E-state index contributed by atoms with van der Waals surface area (Å²) in [7, 11) is 0. The van der Waals surface area contributed by atoms with Crippen LogP contribution >= 0.6 is 0 Å². The van der Waals surface area contributed by atoms with Crippen LogP contribution in [0.25, 0.3) is 88.3 Å². The first-order valence-corrected chi connectivity index (χ1v) is 19.8. The fourth-order valence-electron chi connectivity index (χ4n) is 9.89. The molecule has 0 fully saturated rings. The molecule has 0 N–H and O–H groups in total. The molecule has 2 aliphatic carbocycles. The molecule has 9 aromatic carbocycles. The second-order valence-corrected chi connectivity index (χ2v) is 16.1. The van der Waals surface area contributed by atoms with Crippen molar-refractivity contribution in [1.82, 2.24) is 0 Å². The maximum atomic E-state index is 6.95. The highest BCUT2D eigenvalue weighted by atomic mass is 16.3.